The van der Waals surface area contributed by atoms with E-state index in [1.807, 2.05) is 4.72 Å². The summed E-state index contributed by atoms with van der Waals surface area (Å²) in [6, 6.07) is 7.69. The molecule has 0 amide bonds. The van der Waals surface area contributed by atoms with Gasteiger partial charge in [-0.15, -0.1) is 0 Å². The van der Waals surface area contributed by atoms with Gasteiger partial charge in [0.05, 0.1) is 11.3 Å². The van der Waals surface area contributed by atoms with E-state index in [0.29, 0.717) is 0 Å². The van der Waals surface area contributed by atoms with Crippen LogP contribution < -0.4 is 10.5 Å². The number of nitrogens with one attached hydrogen (secondary N) is 1. The Labute approximate surface area is 119 Å². The molecule has 0 aromatic heterocycles. The summed E-state index contributed by atoms with van der Waals surface area (Å²) in [5.41, 5.74) is 5.06. The molecule has 0 saturated carbocycles. The molecular weight excluding hydrogens is 300 g/mol. The van der Waals surface area contributed by atoms with Gasteiger partial charge in [-0.25, -0.2) is 17.2 Å². The number of nitrogens with two attached hydrogens (primary N) is 1. The zero-order valence-electron chi connectivity index (χ0n) is 10.5. The number of halogens is 2. The maximum atomic E-state index is 13.7. The van der Waals surface area contributed by atoms with Crippen LogP contribution in [0.2, 0.25) is 0 Å². The Morgan fingerprint density at radius 1 is 1.14 bits per heavy atom. The molecule has 0 radical (unpaired) electrons. The Morgan fingerprint density at radius 3 is 2.48 bits per heavy atom. The third-order valence-corrected chi connectivity index (χ3v) is 3.99. The van der Waals surface area contributed by atoms with Crippen molar-refractivity contribution in [3.8, 4) is 6.07 Å². The lowest BCUT2D eigenvalue weighted by Crippen LogP contribution is -2.15. The van der Waals surface area contributed by atoms with Crippen molar-refractivity contribution in [2.75, 3.05) is 10.5 Å². The number of sulfonamides is 1. The van der Waals surface area contributed by atoms with E-state index in [9.17, 15) is 17.2 Å². The van der Waals surface area contributed by atoms with Crippen LogP contribution in [-0.4, -0.2) is 8.42 Å². The topological polar surface area (TPSA) is 96.0 Å². The van der Waals surface area contributed by atoms with Gasteiger partial charge < -0.3 is 5.73 Å². The van der Waals surface area contributed by atoms with Crippen molar-refractivity contribution in [1.29, 1.82) is 5.26 Å². The predicted molar refractivity (Wildman–Crippen MR) is 72.7 cm³/mol. The molecule has 21 heavy (non-hydrogen) atoms. The summed E-state index contributed by atoms with van der Waals surface area (Å²) in [5, 5.41) is 8.86. The number of nitriles is 1. The molecule has 5 nitrogen and oxygen atoms in total. The highest BCUT2D eigenvalue weighted by atomic mass is 32.2. The first-order valence-electron chi connectivity index (χ1n) is 5.61. The molecule has 0 heterocycles. The fraction of sp³-hybridized carbons (Fsp3) is 0. The molecule has 3 N–H and O–H groups in total. The quantitative estimate of drug-likeness (QED) is 0.850. The van der Waals surface area contributed by atoms with Crippen molar-refractivity contribution in [3.63, 3.8) is 0 Å². The predicted octanol–water partition coefficient (Wildman–Crippen LogP) is 2.22. The largest absolute Gasteiger partial charge is 0.399 e. The van der Waals surface area contributed by atoms with Gasteiger partial charge in [-0.1, -0.05) is 0 Å². The SMILES string of the molecule is N#Cc1cc(F)ccc1NS(=O)(=O)c1ccc(N)cc1F. The Kier molecular flexibility index (Phi) is 3.78. The van der Waals surface area contributed by atoms with Gasteiger partial charge in [-0.05, 0) is 36.4 Å². The standard InChI is InChI=1S/C13H9F2N3O2S/c14-9-1-3-12(8(5-9)7-16)18-21(19,20)13-4-2-10(17)6-11(13)15/h1-6,18H,17H2. The van der Waals surface area contributed by atoms with Crippen molar-refractivity contribution in [2.24, 2.45) is 0 Å². The first-order chi connectivity index (χ1) is 9.83. The molecule has 0 aliphatic heterocycles. The van der Waals surface area contributed by atoms with Crippen LogP contribution in [-0.2, 0) is 10.0 Å². The second-order valence-corrected chi connectivity index (χ2v) is 5.75. The van der Waals surface area contributed by atoms with Crippen LogP contribution in [0.3, 0.4) is 0 Å². The first-order valence-corrected chi connectivity index (χ1v) is 7.09. The molecule has 0 fully saturated rings. The summed E-state index contributed by atoms with van der Waals surface area (Å²) in [6.07, 6.45) is 0. The van der Waals surface area contributed by atoms with Gasteiger partial charge >= 0.3 is 0 Å². The lowest BCUT2D eigenvalue weighted by Gasteiger charge is -2.10. The molecular formula is C13H9F2N3O2S. The average Bonchev–Trinajstić information content (AvgIpc) is 2.40. The molecule has 2 aromatic carbocycles. The van der Waals surface area contributed by atoms with Crippen molar-refractivity contribution < 1.29 is 17.2 Å². The number of anilines is 2. The summed E-state index contributed by atoms with van der Waals surface area (Å²) < 4.78 is 52.9. The maximum Gasteiger partial charge on any atom is 0.264 e. The highest BCUT2D eigenvalue weighted by Crippen LogP contribution is 2.23. The van der Waals surface area contributed by atoms with Crippen molar-refractivity contribution in [2.45, 2.75) is 4.90 Å². The Balaban J connectivity index is 2.45. The van der Waals surface area contributed by atoms with Crippen LogP contribution in [0.5, 0.6) is 0 Å². The van der Waals surface area contributed by atoms with Crippen LogP contribution in [0.25, 0.3) is 0 Å². The van der Waals surface area contributed by atoms with E-state index in [4.69, 9.17) is 11.0 Å². The van der Waals surface area contributed by atoms with E-state index < -0.39 is 26.6 Å². The first kappa shape index (κ1) is 14.7. The number of rotatable bonds is 3. The number of nitrogens with zero attached hydrogens (tertiary/aromatic N) is 1. The van der Waals surface area contributed by atoms with E-state index in [0.717, 1.165) is 30.3 Å². The Bertz CT molecular complexity index is 845. The highest BCUT2D eigenvalue weighted by Gasteiger charge is 2.20. The van der Waals surface area contributed by atoms with E-state index in [-0.39, 0.29) is 16.9 Å². The number of nitrogen functional groups attached to an aromatic ring is 1. The van der Waals surface area contributed by atoms with Crippen LogP contribution in [0.4, 0.5) is 20.2 Å². The van der Waals surface area contributed by atoms with E-state index in [1.54, 1.807) is 6.07 Å². The highest BCUT2D eigenvalue weighted by molar-refractivity contribution is 7.92. The summed E-state index contributed by atoms with van der Waals surface area (Å²) in [5.74, 6) is -1.71. The summed E-state index contributed by atoms with van der Waals surface area (Å²) >= 11 is 0. The van der Waals surface area contributed by atoms with Crippen molar-refractivity contribution in [3.05, 3.63) is 53.6 Å². The smallest absolute Gasteiger partial charge is 0.264 e. The minimum atomic E-state index is -4.26. The third-order valence-electron chi connectivity index (χ3n) is 2.59. The van der Waals surface area contributed by atoms with Crippen LogP contribution in [0, 0.1) is 23.0 Å². The molecule has 0 atom stereocenters. The average molecular weight is 309 g/mol. The van der Waals surface area contributed by atoms with Gasteiger partial charge in [0.1, 0.15) is 22.6 Å². The van der Waals surface area contributed by atoms with Crippen molar-refractivity contribution >= 4 is 21.4 Å². The molecule has 0 spiro atoms. The van der Waals surface area contributed by atoms with E-state index in [1.165, 1.54) is 6.07 Å². The zero-order valence-corrected chi connectivity index (χ0v) is 11.3. The van der Waals surface area contributed by atoms with Gasteiger partial charge in [0.15, 0.2) is 0 Å². The van der Waals surface area contributed by atoms with Crippen LogP contribution in [0.1, 0.15) is 5.56 Å². The molecule has 0 aliphatic rings. The van der Waals surface area contributed by atoms with Gasteiger partial charge in [0, 0.05) is 5.69 Å². The lowest BCUT2D eigenvalue weighted by molar-refractivity contribution is 0.570. The lowest BCUT2D eigenvalue weighted by atomic mass is 10.2. The molecule has 0 bridgehead atoms. The second-order valence-electron chi connectivity index (χ2n) is 4.10. The van der Waals surface area contributed by atoms with Crippen molar-refractivity contribution in [1.82, 2.24) is 0 Å². The number of hydrogen-bond acceptors (Lipinski definition) is 4. The van der Waals surface area contributed by atoms with E-state index >= 15 is 0 Å². The number of hydrogen-bond donors (Lipinski definition) is 2. The number of benzene rings is 2. The van der Waals surface area contributed by atoms with Gasteiger partial charge in [0.2, 0.25) is 0 Å². The molecule has 2 rings (SSSR count). The molecule has 2 aromatic rings. The van der Waals surface area contributed by atoms with Gasteiger partial charge in [-0.2, -0.15) is 5.26 Å². The molecule has 108 valence electrons. The Hall–Kier alpha value is -2.66. The molecule has 8 heteroatoms. The summed E-state index contributed by atoms with van der Waals surface area (Å²) in [4.78, 5) is -0.620. The fourth-order valence-electron chi connectivity index (χ4n) is 1.63. The Morgan fingerprint density at radius 2 is 1.86 bits per heavy atom. The summed E-state index contributed by atoms with van der Waals surface area (Å²) in [7, 11) is -4.26. The van der Waals surface area contributed by atoms with Gasteiger partial charge in [0.25, 0.3) is 10.0 Å². The maximum absolute atomic E-state index is 13.7. The fourth-order valence-corrected chi connectivity index (χ4v) is 2.77. The minimum absolute atomic E-state index is 0.0750. The summed E-state index contributed by atoms with van der Waals surface area (Å²) in [6.45, 7) is 0. The normalized spacial score (nSPS) is 10.9. The van der Waals surface area contributed by atoms with Gasteiger partial charge in [-0.3, -0.25) is 4.72 Å². The van der Waals surface area contributed by atoms with Crippen LogP contribution >= 0.6 is 0 Å². The second kappa shape index (κ2) is 5.38. The monoisotopic (exact) mass is 309 g/mol. The molecule has 0 aliphatic carbocycles. The van der Waals surface area contributed by atoms with E-state index in [2.05, 4.69) is 0 Å². The minimum Gasteiger partial charge on any atom is -0.399 e. The molecule has 0 unspecified atom stereocenters. The third kappa shape index (κ3) is 3.09. The van der Waals surface area contributed by atoms with Crippen LogP contribution in [0.15, 0.2) is 41.3 Å². The molecule has 0 saturated heterocycles. The zero-order chi connectivity index (χ0) is 15.6.